The first-order chi connectivity index (χ1) is 17.2. The molecule has 1 heterocycles. The topological polar surface area (TPSA) is 110 Å². The van der Waals surface area contributed by atoms with Gasteiger partial charge in [-0.1, -0.05) is 56.3 Å². The molecule has 1 amide bonds. The van der Waals surface area contributed by atoms with Gasteiger partial charge < -0.3 is 14.7 Å². The maximum absolute atomic E-state index is 13.3. The van der Waals surface area contributed by atoms with Crippen LogP contribution in [0.5, 0.6) is 5.75 Å². The monoisotopic (exact) mass is 486 g/mol. The van der Waals surface area contributed by atoms with E-state index in [2.05, 4.69) is 13.8 Å². The SMILES string of the molecule is COc1ccccc1CN1C(=O)C(=O)/C(=C(\O)c2ccc([N+](=O)[O-])cc2)C1c1ccc(C(C)C)cc1. The van der Waals surface area contributed by atoms with Gasteiger partial charge in [0, 0.05) is 23.3 Å². The highest BCUT2D eigenvalue weighted by atomic mass is 16.6. The summed E-state index contributed by atoms with van der Waals surface area (Å²) < 4.78 is 5.44. The fraction of sp³-hybridized carbons (Fsp3) is 0.214. The summed E-state index contributed by atoms with van der Waals surface area (Å²) in [6.07, 6.45) is 0. The molecule has 8 heteroatoms. The Balaban J connectivity index is 1.85. The molecule has 1 fully saturated rings. The molecule has 3 aromatic rings. The molecule has 1 aliphatic heterocycles. The number of para-hydroxylation sites is 1. The van der Waals surface area contributed by atoms with E-state index in [1.807, 2.05) is 42.5 Å². The molecule has 0 saturated carbocycles. The van der Waals surface area contributed by atoms with Gasteiger partial charge in [-0.25, -0.2) is 0 Å². The molecule has 1 N–H and O–H groups in total. The number of hydrogen-bond donors (Lipinski definition) is 1. The summed E-state index contributed by atoms with van der Waals surface area (Å²) in [6, 6.07) is 19.1. The van der Waals surface area contributed by atoms with Crippen molar-refractivity contribution in [3.63, 3.8) is 0 Å². The molecule has 0 bridgehead atoms. The highest BCUT2D eigenvalue weighted by molar-refractivity contribution is 6.46. The molecule has 4 rings (SSSR count). The predicted octanol–water partition coefficient (Wildman–Crippen LogP) is 5.35. The van der Waals surface area contributed by atoms with Crippen LogP contribution in [0.25, 0.3) is 5.76 Å². The van der Waals surface area contributed by atoms with Crippen molar-refractivity contribution < 1.29 is 24.4 Å². The second-order valence-corrected chi connectivity index (χ2v) is 8.86. The van der Waals surface area contributed by atoms with Gasteiger partial charge in [-0.15, -0.1) is 0 Å². The van der Waals surface area contributed by atoms with E-state index in [0.29, 0.717) is 22.8 Å². The lowest BCUT2D eigenvalue weighted by Gasteiger charge is -2.26. The Bertz CT molecular complexity index is 1340. The molecule has 0 radical (unpaired) electrons. The lowest BCUT2D eigenvalue weighted by Crippen LogP contribution is -2.29. The molecule has 0 spiro atoms. The van der Waals surface area contributed by atoms with E-state index in [1.165, 1.54) is 36.3 Å². The Kier molecular flexibility index (Phi) is 6.87. The summed E-state index contributed by atoms with van der Waals surface area (Å²) in [6.45, 7) is 4.22. The number of rotatable bonds is 7. The number of carbonyl (C=O) groups excluding carboxylic acids is 2. The van der Waals surface area contributed by atoms with Gasteiger partial charge in [-0.2, -0.15) is 0 Å². The van der Waals surface area contributed by atoms with E-state index in [1.54, 1.807) is 6.07 Å². The maximum Gasteiger partial charge on any atom is 0.295 e. The molecule has 36 heavy (non-hydrogen) atoms. The summed E-state index contributed by atoms with van der Waals surface area (Å²) in [5, 5.41) is 22.2. The first kappa shape index (κ1) is 24.7. The van der Waals surface area contributed by atoms with Crippen LogP contribution >= 0.6 is 0 Å². The first-order valence-electron chi connectivity index (χ1n) is 11.5. The number of amides is 1. The Labute approximate surface area is 208 Å². The van der Waals surface area contributed by atoms with Crippen molar-refractivity contribution in [1.29, 1.82) is 0 Å². The van der Waals surface area contributed by atoms with Gasteiger partial charge in [-0.3, -0.25) is 19.7 Å². The minimum absolute atomic E-state index is 0.0685. The summed E-state index contributed by atoms with van der Waals surface area (Å²) in [7, 11) is 1.53. The number of nitro benzene ring substituents is 1. The van der Waals surface area contributed by atoms with Crippen LogP contribution in [0.15, 0.2) is 78.4 Å². The predicted molar refractivity (Wildman–Crippen MR) is 134 cm³/mol. The standard InChI is InChI=1S/C28H26N2O6/c1-17(2)18-8-10-19(11-9-18)25-24(26(31)20-12-14-22(15-13-20)30(34)35)27(32)28(33)29(25)16-21-6-4-5-7-23(21)36-3/h4-15,17,25,31H,16H2,1-3H3/b26-24-. The van der Waals surface area contributed by atoms with E-state index in [-0.39, 0.29) is 29.1 Å². The average Bonchev–Trinajstić information content (AvgIpc) is 3.13. The van der Waals surface area contributed by atoms with Crippen LogP contribution in [0.4, 0.5) is 5.69 Å². The minimum Gasteiger partial charge on any atom is -0.507 e. The third-order valence-electron chi connectivity index (χ3n) is 6.34. The first-order valence-corrected chi connectivity index (χ1v) is 11.5. The van der Waals surface area contributed by atoms with E-state index in [0.717, 1.165) is 5.56 Å². The summed E-state index contributed by atoms with van der Waals surface area (Å²) in [5.41, 5.74) is 2.46. The van der Waals surface area contributed by atoms with Gasteiger partial charge in [0.05, 0.1) is 30.2 Å². The number of nitrogens with zero attached hydrogens (tertiary/aromatic N) is 2. The zero-order valence-corrected chi connectivity index (χ0v) is 20.2. The van der Waals surface area contributed by atoms with Crippen LogP contribution < -0.4 is 4.74 Å². The van der Waals surface area contributed by atoms with E-state index in [9.17, 15) is 24.8 Å². The lowest BCUT2D eigenvalue weighted by atomic mass is 9.93. The van der Waals surface area contributed by atoms with E-state index < -0.39 is 22.7 Å². The molecule has 1 saturated heterocycles. The van der Waals surface area contributed by atoms with Gasteiger partial charge in [0.25, 0.3) is 17.4 Å². The number of carbonyl (C=O) groups is 2. The Hall–Kier alpha value is -4.46. The van der Waals surface area contributed by atoms with E-state index >= 15 is 0 Å². The number of non-ortho nitro benzene ring substituents is 1. The number of Topliss-reactive ketones (excluding diaryl/α,β-unsaturated/α-hetero) is 1. The van der Waals surface area contributed by atoms with Crippen molar-refractivity contribution in [2.24, 2.45) is 0 Å². The number of aliphatic hydroxyl groups is 1. The molecule has 0 aliphatic carbocycles. The molecule has 1 atom stereocenters. The number of nitro groups is 1. The number of methoxy groups -OCH3 is 1. The van der Waals surface area contributed by atoms with Crippen LogP contribution in [-0.4, -0.2) is 33.7 Å². The van der Waals surface area contributed by atoms with Gasteiger partial charge in [0.15, 0.2) is 0 Å². The van der Waals surface area contributed by atoms with Crippen LogP contribution in [0.3, 0.4) is 0 Å². The van der Waals surface area contributed by atoms with Crippen molar-refractivity contribution in [3.05, 3.63) is 111 Å². The molecule has 8 nitrogen and oxygen atoms in total. The van der Waals surface area contributed by atoms with Crippen molar-refractivity contribution in [2.45, 2.75) is 32.4 Å². The largest absolute Gasteiger partial charge is 0.507 e. The molecule has 0 aromatic heterocycles. The van der Waals surface area contributed by atoms with Crippen molar-refractivity contribution in [2.75, 3.05) is 7.11 Å². The van der Waals surface area contributed by atoms with E-state index in [4.69, 9.17) is 4.74 Å². The lowest BCUT2D eigenvalue weighted by molar-refractivity contribution is -0.384. The van der Waals surface area contributed by atoms with Crippen molar-refractivity contribution in [1.82, 2.24) is 4.90 Å². The normalized spacial score (nSPS) is 17.0. The van der Waals surface area contributed by atoms with Gasteiger partial charge in [0.1, 0.15) is 11.5 Å². The van der Waals surface area contributed by atoms with Gasteiger partial charge in [0.2, 0.25) is 0 Å². The number of likely N-dealkylation sites (tertiary alicyclic amines) is 1. The molecular weight excluding hydrogens is 460 g/mol. The van der Waals surface area contributed by atoms with Crippen LogP contribution in [0.1, 0.15) is 48.1 Å². The molecule has 1 aliphatic rings. The average molecular weight is 487 g/mol. The summed E-state index contributed by atoms with van der Waals surface area (Å²) in [5.74, 6) is -1.09. The molecular formula is C28H26N2O6. The number of ketones is 1. The molecule has 1 unspecified atom stereocenters. The molecule has 3 aromatic carbocycles. The highest BCUT2D eigenvalue weighted by Gasteiger charge is 2.46. The fourth-order valence-corrected chi connectivity index (χ4v) is 4.37. The van der Waals surface area contributed by atoms with Gasteiger partial charge >= 0.3 is 0 Å². The number of aliphatic hydroxyl groups excluding tert-OH is 1. The Morgan fingerprint density at radius 2 is 1.67 bits per heavy atom. The quantitative estimate of drug-likeness (QED) is 0.159. The summed E-state index contributed by atoms with van der Waals surface area (Å²) >= 11 is 0. The van der Waals surface area contributed by atoms with Crippen LogP contribution in [-0.2, 0) is 16.1 Å². The third kappa shape index (κ3) is 4.57. The second-order valence-electron chi connectivity index (χ2n) is 8.86. The minimum atomic E-state index is -0.855. The van der Waals surface area contributed by atoms with Crippen molar-refractivity contribution >= 4 is 23.1 Å². The Morgan fingerprint density at radius 1 is 1.03 bits per heavy atom. The van der Waals surface area contributed by atoms with Crippen LogP contribution in [0.2, 0.25) is 0 Å². The Morgan fingerprint density at radius 3 is 2.25 bits per heavy atom. The van der Waals surface area contributed by atoms with Crippen molar-refractivity contribution in [3.8, 4) is 5.75 Å². The summed E-state index contributed by atoms with van der Waals surface area (Å²) in [4.78, 5) is 38.4. The van der Waals surface area contributed by atoms with Gasteiger partial charge in [-0.05, 0) is 35.2 Å². The smallest absolute Gasteiger partial charge is 0.295 e. The molecule has 184 valence electrons. The zero-order chi connectivity index (χ0) is 26.0. The number of ether oxygens (including phenoxy) is 1. The zero-order valence-electron chi connectivity index (χ0n) is 20.2. The highest BCUT2D eigenvalue weighted by Crippen LogP contribution is 2.41. The van der Waals surface area contributed by atoms with Crippen LogP contribution in [0, 0.1) is 10.1 Å². The number of hydrogen-bond acceptors (Lipinski definition) is 6. The number of benzene rings is 3. The fourth-order valence-electron chi connectivity index (χ4n) is 4.37. The second kappa shape index (κ2) is 10.0. The third-order valence-corrected chi connectivity index (χ3v) is 6.34. The maximum atomic E-state index is 13.3.